The second kappa shape index (κ2) is 7.99. The summed E-state index contributed by atoms with van der Waals surface area (Å²) in [5, 5.41) is 15.8. The van der Waals surface area contributed by atoms with Crippen LogP contribution in [0.15, 0.2) is 4.52 Å². The number of hydrogen-bond donors (Lipinski definition) is 2. The zero-order chi connectivity index (χ0) is 15.0. The van der Waals surface area contributed by atoms with Crippen LogP contribution in [-0.4, -0.2) is 27.8 Å². The van der Waals surface area contributed by atoms with Gasteiger partial charge in [0.1, 0.15) is 0 Å². The Labute approximate surface area is 120 Å². The normalized spacial score (nSPS) is 11.8. The Balaban J connectivity index is 2.21. The van der Waals surface area contributed by atoms with E-state index in [2.05, 4.69) is 36.2 Å². The van der Waals surface area contributed by atoms with Gasteiger partial charge in [-0.15, -0.1) is 0 Å². The van der Waals surface area contributed by atoms with Crippen LogP contribution in [0, 0.1) is 5.41 Å². The fourth-order valence-electron chi connectivity index (χ4n) is 1.88. The first-order chi connectivity index (χ1) is 9.43. The summed E-state index contributed by atoms with van der Waals surface area (Å²) in [6.07, 6.45) is 3.66. The first-order valence-electron chi connectivity index (χ1n) is 7.17. The molecule has 0 aliphatic carbocycles. The molecule has 0 unspecified atom stereocenters. The highest BCUT2D eigenvalue weighted by Crippen LogP contribution is 2.25. The van der Waals surface area contributed by atoms with E-state index >= 15 is 0 Å². The number of carboxylic acid groups (broad SMARTS) is 1. The molecule has 0 saturated heterocycles. The number of aryl methyl sites for hydroxylation is 1. The van der Waals surface area contributed by atoms with Gasteiger partial charge in [-0.3, -0.25) is 4.79 Å². The van der Waals surface area contributed by atoms with Crippen molar-refractivity contribution in [3.63, 3.8) is 0 Å². The predicted molar refractivity (Wildman–Crippen MR) is 75.3 cm³/mol. The SMILES string of the molecule is CCCc1noc(CNCCC(C)(C)CCC(=O)O)n1. The fraction of sp³-hybridized carbons (Fsp3) is 0.786. The number of nitrogens with one attached hydrogen (secondary N) is 1. The molecule has 2 N–H and O–H groups in total. The summed E-state index contributed by atoms with van der Waals surface area (Å²) in [7, 11) is 0. The van der Waals surface area contributed by atoms with Gasteiger partial charge < -0.3 is 14.9 Å². The van der Waals surface area contributed by atoms with Gasteiger partial charge in [0, 0.05) is 12.8 Å². The van der Waals surface area contributed by atoms with E-state index in [1.165, 1.54) is 0 Å². The smallest absolute Gasteiger partial charge is 0.303 e. The van der Waals surface area contributed by atoms with Crippen LogP contribution in [0.1, 0.15) is 58.2 Å². The van der Waals surface area contributed by atoms with Gasteiger partial charge in [-0.05, 0) is 31.2 Å². The highest BCUT2D eigenvalue weighted by Gasteiger charge is 2.18. The zero-order valence-electron chi connectivity index (χ0n) is 12.6. The zero-order valence-corrected chi connectivity index (χ0v) is 12.6. The van der Waals surface area contributed by atoms with E-state index in [0.29, 0.717) is 18.9 Å². The van der Waals surface area contributed by atoms with E-state index < -0.39 is 5.97 Å². The van der Waals surface area contributed by atoms with Crippen molar-refractivity contribution >= 4 is 5.97 Å². The third-order valence-corrected chi connectivity index (χ3v) is 3.25. The minimum atomic E-state index is -0.736. The summed E-state index contributed by atoms with van der Waals surface area (Å²) in [6.45, 7) is 7.62. The molecule has 0 atom stereocenters. The molecule has 114 valence electrons. The maximum atomic E-state index is 10.6. The summed E-state index contributed by atoms with van der Waals surface area (Å²) in [5.74, 6) is 0.628. The van der Waals surface area contributed by atoms with E-state index in [1.807, 2.05) is 0 Å². The Bertz CT molecular complexity index is 416. The maximum Gasteiger partial charge on any atom is 0.303 e. The first-order valence-corrected chi connectivity index (χ1v) is 7.17. The van der Waals surface area contributed by atoms with Gasteiger partial charge in [0.25, 0.3) is 0 Å². The van der Waals surface area contributed by atoms with E-state index in [4.69, 9.17) is 9.63 Å². The molecule has 20 heavy (non-hydrogen) atoms. The predicted octanol–water partition coefficient (Wildman–Crippen LogP) is 2.39. The molecule has 0 amide bonds. The molecular weight excluding hydrogens is 258 g/mol. The van der Waals surface area contributed by atoms with E-state index in [1.54, 1.807) is 0 Å². The Kier molecular flexibility index (Phi) is 6.64. The van der Waals surface area contributed by atoms with Crippen LogP contribution in [0.2, 0.25) is 0 Å². The summed E-state index contributed by atoms with van der Waals surface area (Å²) in [4.78, 5) is 14.8. The van der Waals surface area contributed by atoms with E-state index in [0.717, 1.165) is 31.6 Å². The van der Waals surface area contributed by atoms with Crippen LogP contribution in [-0.2, 0) is 17.8 Å². The summed E-state index contributed by atoms with van der Waals surface area (Å²) in [6, 6.07) is 0. The molecule has 1 aromatic rings. The largest absolute Gasteiger partial charge is 0.481 e. The van der Waals surface area contributed by atoms with Gasteiger partial charge in [0.15, 0.2) is 5.82 Å². The van der Waals surface area contributed by atoms with Crippen molar-refractivity contribution in [2.45, 2.75) is 59.4 Å². The lowest BCUT2D eigenvalue weighted by atomic mass is 9.84. The number of aromatic nitrogens is 2. The number of carbonyl (C=O) groups is 1. The molecule has 1 heterocycles. The van der Waals surface area contributed by atoms with Gasteiger partial charge in [0.05, 0.1) is 6.54 Å². The molecule has 0 aliphatic rings. The minimum absolute atomic E-state index is 0.0214. The highest BCUT2D eigenvalue weighted by molar-refractivity contribution is 5.66. The van der Waals surface area contributed by atoms with Gasteiger partial charge in [-0.1, -0.05) is 25.9 Å². The first kappa shape index (κ1) is 16.6. The monoisotopic (exact) mass is 283 g/mol. The van der Waals surface area contributed by atoms with E-state index in [9.17, 15) is 4.79 Å². The molecule has 0 spiro atoms. The van der Waals surface area contributed by atoms with E-state index in [-0.39, 0.29) is 11.8 Å². The second-order valence-corrected chi connectivity index (χ2v) is 5.84. The van der Waals surface area contributed by atoms with Crippen molar-refractivity contribution in [2.24, 2.45) is 5.41 Å². The van der Waals surface area contributed by atoms with Gasteiger partial charge in [-0.25, -0.2) is 0 Å². The molecule has 1 rings (SSSR count). The Morgan fingerprint density at radius 2 is 2.15 bits per heavy atom. The molecule has 1 aromatic heterocycles. The van der Waals surface area contributed by atoms with Crippen LogP contribution in [0.4, 0.5) is 0 Å². The topological polar surface area (TPSA) is 88.2 Å². The lowest BCUT2D eigenvalue weighted by molar-refractivity contribution is -0.137. The van der Waals surface area contributed by atoms with Crippen LogP contribution in [0.3, 0.4) is 0 Å². The summed E-state index contributed by atoms with van der Waals surface area (Å²) >= 11 is 0. The molecule has 0 aliphatic heterocycles. The molecule has 0 radical (unpaired) electrons. The van der Waals surface area contributed by atoms with Crippen molar-refractivity contribution in [3.05, 3.63) is 11.7 Å². The lowest BCUT2D eigenvalue weighted by Gasteiger charge is -2.23. The number of carboxylic acids is 1. The average Bonchev–Trinajstić information content (AvgIpc) is 2.81. The average molecular weight is 283 g/mol. The summed E-state index contributed by atoms with van der Waals surface area (Å²) in [5.41, 5.74) is 0.0214. The van der Waals surface area contributed by atoms with Crippen molar-refractivity contribution in [2.75, 3.05) is 6.54 Å². The third kappa shape index (κ3) is 6.65. The lowest BCUT2D eigenvalue weighted by Crippen LogP contribution is -2.23. The fourth-order valence-corrected chi connectivity index (χ4v) is 1.88. The Morgan fingerprint density at radius 3 is 2.80 bits per heavy atom. The summed E-state index contributed by atoms with van der Waals surface area (Å²) < 4.78 is 5.13. The molecule has 0 aromatic carbocycles. The van der Waals surface area contributed by atoms with Crippen LogP contribution in [0.5, 0.6) is 0 Å². The quantitative estimate of drug-likeness (QED) is 0.641. The molecule has 6 heteroatoms. The van der Waals surface area contributed by atoms with Gasteiger partial charge >= 0.3 is 5.97 Å². The van der Waals surface area contributed by atoms with Crippen LogP contribution >= 0.6 is 0 Å². The molecular formula is C14H25N3O3. The number of aliphatic carboxylic acids is 1. The minimum Gasteiger partial charge on any atom is -0.481 e. The molecule has 0 saturated carbocycles. The van der Waals surface area contributed by atoms with Gasteiger partial charge in [-0.2, -0.15) is 4.98 Å². The van der Waals surface area contributed by atoms with Crippen molar-refractivity contribution < 1.29 is 14.4 Å². The number of rotatable bonds is 10. The van der Waals surface area contributed by atoms with Gasteiger partial charge in [0.2, 0.25) is 5.89 Å². The van der Waals surface area contributed by atoms with Crippen LogP contribution in [0.25, 0.3) is 0 Å². The molecule has 0 bridgehead atoms. The number of hydrogen-bond acceptors (Lipinski definition) is 5. The van der Waals surface area contributed by atoms with Crippen molar-refractivity contribution in [1.82, 2.24) is 15.5 Å². The Morgan fingerprint density at radius 1 is 1.40 bits per heavy atom. The maximum absolute atomic E-state index is 10.6. The second-order valence-electron chi connectivity index (χ2n) is 5.84. The highest BCUT2D eigenvalue weighted by atomic mass is 16.5. The number of nitrogens with zero attached hydrogens (tertiary/aromatic N) is 2. The molecule has 0 fully saturated rings. The van der Waals surface area contributed by atoms with Crippen molar-refractivity contribution in [3.8, 4) is 0 Å². The van der Waals surface area contributed by atoms with Crippen LogP contribution < -0.4 is 5.32 Å². The third-order valence-electron chi connectivity index (χ3n) is 3.25. The molecule has 6 nitrogen and oxygen atoms in total. The Hall–Kier alpha value is -1.43. The van der Waals surface area contributed by atoms with Crippen molar-refractivity contribution in [1.29, 1.82) is 0 Å². The standard InChI is InChI=1S/C14H25N3O3/c1-4-5-11-16-12(20-17-11)10-15-9-8-14(2,3)7-6-13(18)19/h15H,4-10H2,1-3H3,(H,18,19).